The molecule has 120 valence electrons. The van der Waals surface area contributed by atoms with Crippen LogP contribution < -0.4 is 0 Å². The van der Waals surface area contributed by atoms with Gasteiger partial charge in [-0.15, -0.1) is 0 Å². The molecule has 1 rings (SSSR count). The molecule has 1 unspecified atom stereocenters. The van der Waals surface area contributed by atoms with Gasteiger partial charge in [-0.05, 0) is 12.8 Å². The zero-order valence-corrected chi connectivity index (χ0v) is 12.3. The molecule has 6 nitrogen and oxygen atoms in total. The van der Waals surface area contributed by atoms with Gasteiger partial charge in [-0.3, -0.25) is 0 Å². The predicted molar refractivity (Wildman–Crippen MR) is 73.1 cm³/mol. The molecule has 0 aromatic rings. The highest BCUT2D eigenvalue weighted by Crippen LogP contribution is 2.24. The van der Waals surface area contributed by atoms with Gasteiger partial charge in [-0.25, -0.2) is 0 Å². The third-order valence-electron chi connectivity index (χ3n) is 3.76. The van der Waals surface area contributed by atoms with Gasteiger partial charge in [0, 0.05) is 0 Å². The zero-order valence-electron chi connectivity index (χ0n) is 12.3. The van der Waals surface area contributed by atoms with Crippen LogP contribution in [0.2, 0.25) is 0 Å². The van der Waals surface area contributed by atoms with Crippen LogP contribution in [0.15, 0.2) is 0 Å². The standard InChI is InChI=1S/C14H28O6/c1-3-5-6-7-9(4-2)19-14-13(18)12(17)11(16)10(8-15)20-14/h9-18H,3-8H2,1-2H3/t9?,10-,11-,12+,13-,14+/m1/s1. The predicted octanol–water partition coefficient (Wildman–Crippen LogP) is 0.162. The first-order chi connectivity index (χ1) is 9.54. The Bertz CT molecular complexity index is 260. The van der Waals surface area contributed by atoms with E-state index in [1.807, 2.05) is 6.92 Å². The molecule has 0 aromatic heterocycles. The average Bonchev–Trinajstić information content (AvgIpc) is 2.46. The van der Waals surface area contributed by atoms with E-state index >= 15 is 0 Å². The van der Waals surface area contributed by atoms with Crippen LogP contribution in [0.4, 0.5) is 0 Å². The lowest BCUT2D eigenvalue weighted by Crippen LogP contribution is -2.59. The van der Waals surface area contributed by atoms with E-state index in [2.05, 4.69) is 6.92 Å². The highest BCUT2D eigenvalue weighted by atomic mass is 16.7. The van der Waals surface area contributed by atoms with Crippen molar-refractivity contribution in [1.82, 2.24) is 0 Å². The Morgan fingerprint density at radius 1 is 1.05 bits per heavy atom. The lowest BCUT2D eigenvalue weighted by atomic mass is 9.99. The fourth-order valence-electron chi connectivity index (χ4n) is 2.36. The summed E-state index contributed by atoms with van der Waals surface area (Å²) in [6, 6.07) is 0. The maximum absolute atomic E-state index is 9.90. The summed E-state index contributed by atoms with van der Waals surface area (Å²) in [4.78, 5) is 0. The van der Waals surface area contributed by atoms with Crippen molar-refractivity contribution in [1.29, 1.82) is 0 Å². The summed E-state index contributed by atoms with van der Waals surface area (Å²) in [5.41, 5.74) is 0. The van der Waals surface area contributed by atoms with Gasteiger partial charge in [-0.1, -0.05) is 33.1 Å². The molecule has 1 fully saturated rings. The topological polar surface area (TPSA) is 99.4 Å². The number of rotatable bonds is 8. The molecule has 0 aliphatic carbocycles. The largest absolute Gasteiger partial charge is 0.394 e. The minimum Gasteiger partial charge on any atom is -0.394 e. The molecule has 1 saturated heterocycles. The fourth-order valence-corrected chi connectivity index (χ4v) is 2.36. The summed E-state index contributed by atoms with van der Waals surface area (Å²) in [5, 5.41) is 38.4. The van der Waals surface area contributed by atoms with E-state index in [4.69, 9.17) is 14.6 Å². The Morgan fingerprint density at radius 2 is 1.75 bits per heavy atom. The molecule has 6 heteroatoms. The second kappa shape index (κ2) is 8.92. The second-order valence-corrected chi connectivity index (χ2v) is 5.36. The van der Waals surface area contributed by atoms with Crippen LogP contribution in [-0.4, -0.2) is 63.8 Å². The minimum atomic E-state index is -1.38. The summed E-state index contributed by atoms with van der Waals surface area (Å²) in [7, 11) is 0. The van der Waals surface area contributed by atoms with Crippen molar-refractivity contribution in [3.8, 4) is 0 Å². The molecule has 0 saturated carbocycles. The van der Waals surface area contributed by atoms with Crippen LogP contribution in [0.5, 0.6) is 0 Å². The SMILES string of the molecule is CCCCCC(CC)O[C@H]1O[C@H](CO)[C@@H](O)[C@H](O)[C@H]1O. The van der Waals surface area contributed by atoms with Gasteiger partial charge in [0.15, 0.2) is 6.29 Å². The molecule has 6 atom stereocenters. The Labute approximate surface area is 120 Å². The third-order valence-corrected chi connectivity index (χ3v) is 3.76. The summed E-state index contributed by atoms with van der Waals surface area (Å²) in [6.07, 6.45) is -1.11. The quantitative estimate of drug-likeness (QED) is 0.476. The van der Waals surface area contributed by atoms with Crippen LogP contribution in [0.1, 0.15) is 46.0 Å². The van der Waals surface area contributed by atoms with Gasteiger partial charge in [0.25, 0.3) is 0 Å². The molecular weight excluding hydrogens is 264 g/mol. The first-order valence-corrected chi connectivity index (χ1v) is 7.51. The van der Waals surface area contributed by atoms with Crippen molar-refractivity contribution in [2.45, 2.75) is 82.8 Å². The van der Waals surface area contributed by atoms with Crippen molar-refractivity contribution in [2.75, 3.05) is 6.61 Å². The van der Waals surface area contributed by atoms with Gasteiger partial charge in [0.05, 0.1) is 12.7 Å². The zero-order chi connectivity index (χ0) is 15.1. The van der Waals surface area contributed by atoms with E-state index in [0.717, 1.165) is 32.1 Å². The molecule has 0 bridgehead atoms. The maximum atomic E-state index is 9.90. The smallest absolute Gasteiger partial charge is 0.186 e. The van der Waals surface area contributed by atoms with Crippen LogP contribution in [-0.2, 0) is 9.47 Å². The summed E-state index contributed by atoms with van der Waals surface area (Å²) in [6.45, 7) is 3.68. The maximum Gasteiger partial charge on any atom is 0.186 e. The van der Waals surface area contributed by atoms with Crippen LogP contribution in [0.3, 0.4) is 0 Å². The molecular formula is C14H28O6. The second-order valence-electron chi connectivity index (χ2n) is 5.36. The number of hydrogen-bond acceptors (Lipinski definition) is 6. The normalized spacial score (nSPS) is 36.0. The number of aliphatic hydroxyl groups is 4. The highest BCUT2D eigenvalue weighted by molar-refractivity contribution is 4.89. The molecule has 20 heavy (non-hydrogen) atoms. The molecule has 0 aromatic carbocycles. The van der Waals surface area contributed by atoms with E-state index in [-0.39, 0.29) is 6.10 Å². The van der Waals surface area contributed by atoms with Crippen molar-refractivity contribution in [2.24, 2.45) is 0 Å². The van der Waals surface area contributed by atoms with Gasteiger partial charge in [0.1, 0.15) is 24.4 Å². The molecule has 0 amide bonds. The van der Waals surface area contributed by atoms with Crippen LogP contribution >= 0.6 is 0 Å². The van der Waals surface area contributed by atoms with Crippen molar-refractivity contribution < 1.29 is 29.9 Å². The molecule has 1 heterocycles. The first kappa shape index (κ1) is 17.8. The van der Waals surface area contributed by atoms with Gasteiger partial charge >= 0.3 is 0 Å². The number of hydrogen-bond donors (Lipinski definition) is 4. The van der Waals surface area contributed by atoms with Crippen LogP contribution in [0, 0.1) is 0 Å². The fraction of sp³-hybridized carbons (Fsp3) is 1.00. The Kier molecular flexibility index (Phi) is 7.94. The lowest BCUT2D eigenvalue weighted by Gasteiger charge is -2.40. The summed E-state index contributed by atoms with van der Waals surface area (Å²) in [5.74, 6) is 0. The Hall–Kier alpha value is -0.240. The van der Waals surface area contributed by atoms with E-state index in [0.29, 0.717) is 0 Å². The highest BCUT2D eigenvalue weighted by Gasteiger charge is 2.44. The van der Waals surface area contributed by atoms with E-state index in [1.54, 1.807) is 0 Å². The average molecular weight is 292 g/mol. The van der Waals surface area contributed by atoms with Gasteiger partial charge < -0.3 is 29.9 Å². The van der Waals surface area contributed by atoms with Gasteiger partial charge in [-0.2, -0.15) is 0 Å². The summed E-state index contributed by atoms with van der Waals surface area (Å²) < 4.78 is 11.0. The Balaban J connectivity index is 2.54. The van der Waals surface area contributed by atoms with Crippen LogP contribution in [0.25, 0.3) is 0 Å². The number of unbranched alkanes of at least 4 members (excludes halogenated alkanes) is 2. The molecule has 0 radical (unpaired) electrons. The molecule has 1 aliphatic heterocycles. The lowest BCUT2D eigenvalue weighted by molar-refractivity contribution is -0.311. The minimum absolute atomic E-state index is 0.0667. The van der Waals surface area contributed by atoms with E-state index in [9.17, 15) is 15.3 Å². The van der Waals surface area contributed by atoms with E-state index < -0.39 is 37.3 Å². The number of ether oxygens (including phenoxy) is 2. The number of aliphatic hydroxyl groups excluding tert-OH is 4. The van der Waals surface area contributed by atoms with Crippen molar-refractivity contribution in [3.05, 3.63) is 0 Å². The van der Waals surface area contributed by atoms with Gasteiger partial charge in [0.2, 0.25) is 0 Å². The summed E-state index contributed by atoms with van der Waals surface area (Å²) >= 11 is 0. The van der Waals surface area contributed by atoms with Crippen molar-refractivity contribution >= 4 is 0 Å². The third kappa shape index (κ3) is 4.65. The molecule has 1 aliphatic rings. The molecule has 4 N–H and O–H groups in total. The van der Waals surface area contributed by atoms with E-state index in [1.165, 1.54) is 0 Å². The Morgan fingerprint density at radius 3 is 2.30 bits per heavy atom. The monoisotopic (exact) mass is 292 g/mol. The molecule has 0 spiro atoms. The van der Waals surface area contributed by atoms with Crippen molar-refractivity contribution in [3.63, 3.8) is 0 Å². The first-order valence-electron chi connectivity index (χ1n) is 7.51.